The molecule has 1 aromatic carbocycles. The Balaban J connectivity index is 2.15. The summed E-state index contributed by atoms with van der Waals surface area (Å²) in [5, 5.41) is 3.40. The second-order valence-corrected chi connectivity index (χ2v) is 5.67. The molecule has 1 aliphatic heterocycles. The standard InChI is InChI=1S/C17H26N2O/c1-4-14-10-11-18-15(12-14)17(20)19(5-2)16-9-7-6-8-13(16)3/h6-9,14-15,18H,4-5,10-12H2,1-3H3. The van der Waals surface area contributed by atoms with Crippen molar-refractivity contribution in [3.63, 3.8) is 0 Å². The Bertz CT molecular complexity index is 458. The van der Waals surface area contributed by atoms with Gasteiger partial charge in [0.15, 0.2) is 0 Å². The molecule has 2 unspecified atom stereocenters. The van der Waals surface area contributed by atoms with Crippen LogP contribution in [-0.2, 0) is 4.79 Å². The van der Waals surface area contributed by atoms with Crippen LogP contribution >= 0.6 is 0 Å². The van der Waals surface area contributed by atoms with Gasteiger partial charge in [0.05, 0.1) is 6.04 Å². The molecule has 0 aliphatic carbocycles. The number of nitrogens with zero attached hydrogens (tertiary/aromatic N) is 1. The molecular weight excluding hydrogens is 248 g/mol. The van der Waals surface area contributed by atoms with Gasteiger partial charge in [-0.1, -0.05) is 31.5 Å². The minimum absolute atomic E-state index is 0.0201. The highest BCUT2D eigenvalue weighted by Gasteiger charge is 2.29. The molecule has 3 nitrogen and oxygen atoms in total. The maximum atomic E-state index is 12.8. The number of nitrogens with one attached hydrogen (secondary N) is 1. The fraction of sp³-hybridized carbons (Fsp3) is 0.588. The summed E-state index contributed by atoms with van der Waals surface area (Å²) >= 11 is 0. The molecule has 2 rings (SSSR count). The van der Waals surface area contributed by atoms with Crippen LogP contribution in [0.3, 0.4) is 0 Å². The van der Waals surface area contributed by atoms with Crippen LogP contribution in [0.2, 0.25) is 0 Å². The van der Waals surface area contributed by atoms with E-state index in [0.29, 0.717) is 5.92 Å². The van der Waals surface area contributed by atoms with E-state index in [9.17, 15) is 4.79 Å². The Kier molecular flexibility index (Phi) is 5.18. The molecule has 0 spiro atoms. The van der Waals surface area contributed by atoms with Crippen molar-refractivity contribution in [3.8, 4) is 0 Å². The van der Waals surface area contributed by atoms with E-state index in [1.807, 2.05) is 30.0 Å². The molecule has 1 aromatic rings. The maximum Gasteiger partial charge on any atom is 0.244 e. The molecule has 0 aromatic heterocycles. The molecule has 0 saturated carbocycles. The molecule has 1 heterocycles. The van der Waals surface area contributed by atoms with E-state index in [-0.39, 0.29) is 11.9 Å². The number of piperidine rings is 1. The third-order valence-electron chi connectivity index (χ3n) is 4.38. The van der Waals surface area contributed by atoms with Crippen LogP contribution in [0.5, 0.6) is 0 Å². The number of hydrogen-bond donors (Lipinski definition) is 1. The average molecular weight is 274 g/mol. The van der Waals surface area contributed by atoms with Crippen LogP contribution in [0.15, 0.2) is 24.3 Å². The van der Waals surface area contributed by atoms with Gasteiger partial charge in [-0.25, -0.2) is 0 Å². The van der Waals surface area contributed by atoms with Gasteiger partial charge in [-0.05, 0) is 50.8 Å². The Labute approximate surface area is 122 Å². The first-order valence-corrected chi connectivity index (χ1v) is 7.77. The summed E-state index contributed by atoms with van der Waals surface area (Å²) in [6, 6.07) is 8.10. The molecule has 1 amide bonds. The zero-order valence-corrected chi connectivity index (χ0v) is 12.9. The average Bonchev–Trinajstić information content (AvgIpc) is 2.49. The van der Waals surface area contributed by atoms with Crippen molar-refractivity contribution in [2.45, 2.75) is 46.1 Å². The lowest BCUT2D eigenvalue weighted by Gasteiger charge is -2.33. The first-order valence-electron chi connectivity index (χ1n) is 7.77. The van der Waals surface area contributed by atoms with Crippen molar-refractivity contribution >= 4 is 11.6 Å². The minimum atomic E-state index is -0.0201. The normalized spacial score (nSPS) is 22.6. The molecule has 20 heavy (non-hydrogen) atoms. The fourth-order valence-corrected chi connectivity index (χ4v) is 3.05. The molecule has 2 atom stereocenters. The lowest BCUT2D eigenvalue weighted by molar-refractivity contribution is -0.121. The van der Waals surface area contributed by atoms with Gasteiger partial charge in [-0.2, -0.15) is 0 Å². The van der Waals surface area contributed by atoms with Gasteiger partial charge >= 0.3 is 0 Å². The third kappa shape index (κ3) is 3.21. The van der Waals surface area contributed by atoms with Crippen LogP contribution in [0.4, 0.5) is 5.69 Å². The summed E-state index contributed by atoms with van der Waals surface area (Å²) < 4.78 is 0. The van der Waals surface area contributed by atoms with Gasteiger partial charge < -0.3 is 10.2 Å². The van der Waals surface area contributed by atoms with Crippen LogP contribution < -0.4 is 10.2 Å². The molecular formula is C17H26N2O. The van der Waals surface area contributed by atoms with Gasteiger partial charge in [-0.15, -0.1) is 0 Å². The second-order valence-electron chi connectivity index (χ2n) is 5.67. The van der Waals surface area contributed by atoms with E-state index < -0.39 is 0 Å². The van der Waals surface area contributed by atoms with Crippen LogP contribution in [0.25, 0.3) is 0 Å². The van der Waals surface area contributed by atoms with Crippen LogP contribution in [-0.4, -0.2) is 25.0 Å². The summed E-state index contributed by atoms with van der Waals surface area (Å²) in [5.41, 5.74) is 2.20. The number of benzene rings is 1. The highest BCUT2D eigenvalue weighted by molar-refractivity contribution is 5.97. The smallest absolute Gasteiger partial charge is 0.244 e. The van der Waals surface area contributed by atoms with Gasteiger partial charge in [-0.3, -0.25) is 4.79 Å². The monoisotopic (exact) mass is 274 g/mol. The van der Waals surface area contributed by atoms with Crippen molar-refractivity contribution < 1.29 is 4.79 Å². The zero-order chi connectivity index (χ0) is 14.5. The first-order chi connectivity index (χ1) is 9.67. The molecule has 0 radical (unpaired) electrons. The summed E-state index contributed by atoms with van der Waals surface area (Å²) in [7, 11) is 0. The fourth-order valence-electron chi connectivity index (χ4n) is 3.05. The number of amides is 1. The van der Waals surface area contributed by atoms with Crippen molar-refractivity contribution in [2.24, 2.45) is 5.92 Å². The Hall–Kier alpha value is -1.35. The minimum Gasteiger partial charge on any atom is -0.311 e. The molecule has 1 fully saturated rings. The van der Waals surface area contributed by atoms with E-state index in [0.717, 1.165) is 30.8 Å². The van der Waals surface area contributed by atoms with Crippen molar-refractivity contribution in [2.75, 3.05) is 18.0 Å². The zero-order valence-electron chi connectivity index (χ0n) is 12.9. The quantitative estimate of drug-likeness (QED) is 0.915. The lowest BCUT2D eigenvalue weighted by Crippen LogP contribution is -2.50. The number of likely N-dealkylation sites (N-methyl/N-ethyl adjacent to an activating group) is 1. The number of aryl methyl sites for hydroxylation is 1. The number of carbonyl (C=O) groups is 1. The Morgan fingerprint density at radius 1 is 1.35 bits per heavy atom. The molecule has 110 valence electrons. The molecule has 1 N–H and O–H groups in total. The summed E-state index contributed by atoms with van der Waals surface area (Å²) in [6.45, 7) is 8.01. The van der Waals surface area contributed by atoms with Gasteiger partial charge in [0, 0.05) is 12.2 Å². The SMILES string of the molecule is CCC1CCNC(C(=O)N(CC)c2ccccc2C)C1. The number of carbonyl (C=O) groups excluding carboxylic acids is 1. The topological polar surface area (TPSA) is 32.3 Å². The van der Waals surface area contributed by atoms with E-state index in [1.54, 1.807) is 0 Å². The highest BCUT2D eigenvalue weighted by Crippen LogP contribution is 2.24. The number of hydrogen-bond acceptors (Lipinski definition) is 2. The maximum absolute atomic E-state index is 12.8. The van der Waals surface area contributed by atoms with Crippen LogP contribution in [0.1, 0.15) is 38.7 Å². The first kappa shape index (κ1) is 15.0. The number of para-hydroxylation sites is 1. The molecule has 0 bridgehead atoms. The largest absolute Gasteiger partial charge is 0.311 e. The summed E-state index contributed by atoms with van der Waals surface area (Å²) in [6.07, 6.45) is 3.33. The number of rotatable bonds is 4. The van der Waals surface area contributed by atoms with Gasteiger partial charge in [0.25, 0.3) is 0 Å². The van der Waals surface area contributed by atoms with Gasteiger partial charge in [0.2, 0.25) is 5.91 Å². The Morgan fingerprint density at radius 3 is 2.75 bits per heavy atom. The van der Waals surface area contributed by atoms with E-state index in [2.05, 4.69) is 25.2 Å². The highest BCUT2D eigenvalue weighted by atomic mass is 16.2. The van der Waals surface area contributed by atoms with Crippen LogP contribution in [0, 0.1) is 12.8 Å². The summed E-state index contributed by atoms with van der Waals surface area (Å²) in [5.74, 6) is 0.903. The van der Waals surface area contributed by atoms with Gasteiger partial charge in [0.1, 0.15) is 0 Å². The van der Waals surface area contributed by atoms with Crippen molar-refractivity contribution in [1.82, 2.24) is 5.32 Å². The summed E-state index contributed by atoms with van der Waals surface area (Å²) in [4.78, 5) is 14.7. The molecule has 3 heteroatoms. The Morgan fingerprint density at radius 2 is 2.10 bits per heavy atom. The van der Waals surface area contributed by atoms with E-state index in [4.69, 9.17) is 0 Å². The van der Waals surface area contributed by atoms with E-state index >= 15 is 0 Å². The second kappa shape index (κ2) is 6.89. The predicted molar refractivity (Wildman–Crippen MR) is 84.0 cm³/mol. The van der Waals surface area contributed by atoms with E-state index in [1.165, 1.54) is 12.8 Å². The molecule has 1 aliphatic rings. The third-order valence-corrected chi connectivity index (χ3v) is 4.38. The van der Waals surface area contributed by atoms with Crippen molar-refractivity contribution in [1.29, 1.82) is 0 Å². The predicted octanol–water partition coefficient (Wildman–Crippen LogP) is 3.13. The molecule has 1 saturated heterocycles. The van der Waals surface area contributed by atoms with Crippen molar-refractivity contribution in [3.05, 3.63) is 29.8 Å². The number of anilines is 1. The lowest BCUT2D eigenvalue weighted by atomic mass is 9.89.